The van der Waals surface area contributed by atoms with Gasteiger partial charge in [-0.05, 0) is 26.7 Å². The Morgan fingerprint density at radius 2 is 2.08 bits per heavy atom. The molecule has 0 heterocycles. The minimum absolute atomic E-state index is 0.0625. The van der Waals surface area contributed by atoms with Crippen molar-refractivity contribution in [2.75, 3.05) is 7.05 Å². The van der Waals surface area contributed by atoms with Gasteiger partial charge in [0.2, 0.25) is 5.91 Å². The van der Waals surface area contributed by atoms with Crippen LogP contribution < -0.4 is 0 Å². The van der Waals surface area contributed by atoms with Crippen LogP contribution in [0.3, 0.4) is 0 Å². The summed E-state index contributed by atoms with van der Waals surface area (Å²) in [4.78, 5) is 13.3. The van der Waals surface area contributed by atoms with Gasteiger partial charge in [0.1, 0.15) is 5.41 Å². The normalized spacial score (nSPS) is 16.8. The largest absolute Gasteiger partial charge is 0.341 e. The zero-order valence-corrected chi connectivity index (χ0v) is 7.79. The number of rotatable bonds is 2. The Hall–Kier alpha value is -1.04. The molecule has 0 unspecified atom stereocenters. The van der Waals surface area contributed by atoms with Crippen molar-refractivity contribution >= 4 is 5.91 Å². The third-order valence-corrected chi connectivity index (χ3v) is 2.23. The maximum atomic E-state index is 11.6. The SMILES string of the molecule is CN(C(=O)C(C)(C)C#N)C1CC1. The van der Waals surface area contributed by atoms with Crippen LogP contribution in [0.4, 0.5) is 0 Å². The zero-order valence-electron chi connectivity index (χ0n) is 7.79. The van der Waals surface area contributed by atoms with Crippen LogP contribution in [-0.2, 0) is 4.79 Å². The lowest BCUT2D eigenvalue weighted by Crippen LogP contribution is -2.38. The molecule has 0 aromatic rings. The molecule has 3 heteroatoms. The monoisotopic (exact) mass is 166 g/mol. The summed E-state index contributed by atoms with van der Waals surface area (Å²) in [5, 5.41) is 8.72. The van der Waals surface area contributed by atoms with E-state index in [-0.39, 0.29) is 5.91 Å². The first-order valence-electron chi connectivity index (χ1n) is 4.17. The number of nitrogens with zero attached hydrogens (tertiary/aromatic N) is 2. The maximum Gasteiger partial charge on any atom is 0.242 e. The maximum absolute atomic E-state index is 11.6. The predicted octanol–water partition coefficient (Wildman–Crippen LogP) is 1.16. The third kappa shape index (κ3) is 1.58. The molecule has 0 aromatic carbocycles. The van der Waals surface area contributed by atoms with Gasteiger partial charge in [-0.3, -0.25) is 4.79 Å². The van der Waals surface area contributed by atoms with Crippen molar-refractivity contribution in [1.29, 1.82) is 5.26 Å². The Kier molecular flexibility index (Phi) is 2.10. The van der Waals surface area contributed by atoms with E-state index in [4.69, 9.17) is 5.26 Å². The van der Waals surface area contributed by atoms with E-state index >= 15 is 0 Å². The lowest BCUT2D eigenvalue weighted by atomic mass is 9.94. The van der Waals surface area contributed by atoms with E-state index in [9.17, 15) is 4.79 Å². The second kappa shape index (κ2) is 2.78. The van der Waals surface area contributed by atoms with Gasteiger partial charge in [-0.2, -0.15) is 5.26 Å². The first-order valence-corrected chi connectivity index (χ1v) is 4.17. The van der Waals surface area contributed by atoms with Crippen molar-refractivity contribution in [3.8, 4) is 6.07 Å². The van der Waals surface area contributed by atoms with Gasteiger partial charge in [0, 0.05) is 13.1 Å². The Labute approximate surface area is 73.0 Å². The van der Waals surface area contributed by atoms with Crippen molar-refractivity contribution in [3.05, 3.63) is 0 Å². The van der Waals surface area contributed by atoms with Crippen LogP contribution in [0.5, 0.6) is 0 Å². The highest BCUT2D eigenvalue weighted by molar-refractivity contribution is 5.84. The third-order valence-electron chi connectivity index (χ3n) is 2.23. The molecule has 0 N–H and O–H groups in total. The van der Waals surface area contributed by atoms with Gasteiger partial charge in [0.05, 0.1) is 6.07 Å². The van der Waals surface area contributed by atoms with Crippen molar-refractivity contribution in [1.82, 2.24) is 4.90 Å². The molecular weight excluding hydrogens is 152 g/mol. The lowest BCUT2D eigenvalue weighted by molar-refractivity contribution is -0.136. The molecule has 0 aromatic heterocycles. The second-order valence-corrected chi connectivity index (χ2v) is 3.88. The average molecular weight is 166 g/mol. The fourth-order valence-corrected chi connectivity index (χ4v) is 1.12. The van der Waals surface area contributed by atoms with E-state index < -0.39 is 5.41 Å². The highest BCUT2D eigenvalue weighted by atomic mass is 16.2. The molecule has 12 heavy (non-hydrogen) atoms. The minimum Gasteiger partial charge on any atom is -0.341 e. The van der Waals surface area contributed by atoms with E-state index in [1.54, 1.807) is 25.8 Å². The quantitative estimate of drug-likeness (QED) is 0.617. The molecule has 0 saturated heterocycles. The average Bonchev–Trinajstić information content (AvgIpc) is 2.84. The molecule has 1 rings (SSSR count). The topological polar surface area (TPSA) is 44.1 Å². The Morgan fingerprint density at radius 1 is 1.58 bits per heavy atom. The number of hydrogen-bond donors (Lipinski definition) is 0. The summed E-state index contributed by atoms with van der Waals surface area (Å²) in [5.41, 5.74) is -0.864. The first kappa shape index (κ1) is 9.05. The highest BCUT2D eigenvalue weighted by Crippen LogP contribution is 2.29. The van der Waals surface area contributed by atoms with Crippen LogP contribution in [0.1, 0.15) is 26.7 Å². The van der Waals surface area contributed by atoms with Crippen LogP contribution in [0.2, 0.25) is 0 Å². The molecule has 1 amide bonds. The molecule has 0 bridgehead atoms. The second-order valence-electron chi connectivity index (χ2n) is 3.88. The van der Waals surface area contributed by atoms with Gasteiger partial charge in [-0.25, -0.2) is 0 Å². The molecule has 1 saturated carbocycles. The summed E-state index contributed by atoms with van der Waals surface area (Å²) in [7, 11) is 1.78. The van der Waals surface area contributed by atoms with E-state index in [1.165, 1.54) is 0 Å². The van der Waals surface area contributed by atoms with Gasteiger partial charge in [0.25, 0.3) is 0 Å². The molecule has 66 valence electrons. The fourth-order valence-electron chi connectivity index (χ4n) is 1.12. The number of carbonyl (C=O) groups is 1. The molecule has 0 aliphatic heterocycles. The summed E-state index contributed by atoms with van der Waals surface area (Å²) in [6, 6.07) is 2.41. The van der Waals surface area contributed by atoms with E-state index in [0.29, 0.717) is 6.04 Å². The molecule has 0 atom stereocenters. The van der Waals surface area contributed by atoms with Gasteiger partial charge in [0.15, 0.2) is 0 Å². The van der Waals surface area contributed by atoms with Gasteiger partial charge in [-0.15, -0.1) is 0 Å². The molecule has 1 aliphatic carbocycles. The van der Waals surface area contributed by atoms with E-state index in [2.05, 4.69) is 0 Å². The standard InChI is InChI=1S/C9H14N2O/c1-9(2,6-10)8(12)11(3)7-4-5-7/h7H,4-5H2,1-3H3. The number of carbonyl (C=O) groups excluding carboxylic acids is 1. The first-order chi connectivity index (χ1) is 5.49. The van der Waals surface area contributed by atoms with Crippen LogP contribution in [-0.4, -0.2) is 23.9 Å². The molecule has 1 fully saturated rings. The molecule has 0 radical (unpaired) electrons. The van der Waals surface area contributed by atoms with Crippen LogP contribution in [0, 0.1) is 16.7 Å². The number of amides is 1. The van der Waals surface area contributed by atoms with Crippen molar-refractivity contribution < 1.29 is 4.79 Å². The summed E-state index contributed by atoms with van der Waals surface area (Å²) in [6.07, 6.45) is 2.17. The number of nitriles is 1. The smallest absolute Gasteiger partial charge is 0.242 e. The molecular formula is C9H14N2O. The van der Waals surface area contributed by atoms with Crippen LogP contribution >= 0.6 is 0 Å². The number of hydrogen-bond acceptors (Lipinski definition) is 2. The Balaban J connectivity index is 2.63. The van der Waals surface area contributed by atoms with Crippen LogP contribution in [0.15, 0.2) is 0 Å². The van der Waals surface area contributed by atoms with E-state index in [0.717, 1.165) is 12.8 Å². The summed E-state index contributed by atoms with van der Waals surface area (Å²) < 4.78 is 0. The van der Waals surface area contributed by atoms with Crippen molar-refractivity contribution in [2.45, 2.75) is 32.7 Å². The van der Waals surface area contributed by atoms with Crippen molar-refractivity contribution in [2.24, 2.45) is 5.41 Å². The fraction of sp³-hybridized carbons (Fsp3) is 0.778. The van der Waals surface area contributed by atoms with Gasteiger partial charge < -0.3 is 4.90 Å². The van der Waals surface area contributed by atoms with Gasteiger partial charge in [-0.1, -0.05) is 0 Å². The summed E-state index contributed by atoms with van der Waals surface area (Å²) in [5.74, 6) is -0.0625. The minimum atomic E-state index is -0.864. The summed E-state index contributed by atoms with van der Waals surface area (Å²) >= 11 is 0. The Morgan fingerprint density at radius 3 is 2.42 bits per heavy atom. The molecule has 1 aliphatic rings. The zero-order chi connectivity index (χ0) is 9.35. The van der Waals surface area contributed by atoms with E-state index in [1.807, 2.05) is 6.07 Å². The van der Waals surface area contributed by atoms with Crippen LogP contribution in [0.25, 0.3) is 0 Å². The van der Waals surface area contributed by atoms with Gasteiger partial charge >= 0.3 is 0 Å². The predicted molar refractivity (Wildman–Crippen MR) is 45.2 cm³/mol. The summed E-state index contributed by atoms with van der Waals surface area (Å²) in [6.45, 7) is 3.32. The highest BCUT2D eigenvalue weighted by Gasteiger charge is 2.37. The molecule has 0 spiro atoms. The Bertz CT molecular complexity index is 235. The lowest BCUT2D eigenvalue weighted by Gasteiger charge is -2.23. The molecule has 3 nitrogen and oxygen atoms in total. The van der Waals surface area contributed by atoms with Crippen molar-refractivity contribution in [3.63, 3.8) is 0 Å².